The van der Waals surface area contributed by atoms with Crippen molar-refractivity contribution in [3.05, 3.63) is 24.3 Å². The number of benzene rings is 1. The van der Waals surface area contributed by atoms with Crippen LogP contribution in [0, 0.1) is 0 Å². The Kier molecular flexibility index (Phi) is 5.92. The summed E-state index contributed by atoms with van der Waals surface area (Å²) in [5.41, 5.74) is -0.0526. The number of esters is 1. The van der Waals surface area contributed by atoms with Gasteiger partial charge < -0.3 is 14.3 Å². The number of nitrogens with zero attached hydrogens (tertiary/aromatic N) is 2. The molecule has 0 amide bonds. The molecule has 26 heavy (non-hydrogen) atoms. The van der Waals surface area contributed by atoms with Gasteiger partial charge in [0.05, 0.1) is 31.4 Å². The van der Waals surface area contributed by atoms with Gasteiger partial charge in [0.1, 0.15) is 17.4 Å². The lowest BCUT2D eigenvalue weighted by Crippen LogP contribution is -2.41. The molecule has 144 valence electrons. The molecule has 1 heterocycles. The van der Waals surface area contributed by atoms with E-state index in [0.29, 0.717) is 11.5 Å². The Morgan fingerprint density at radius 3 is 2.31 bits per heavy atom. The fraction of sp³-hybridized carbons (Fsp3) is 0.529. The highest BCUT2D eigenvalue weighted by molar-refractivity contribution is 7.89. The first-order valence-electron chi connectivity index (χ1n) is 8.06. The van der Waals surface area contributed by atoms with Crippen LogP contribution in [-0.2, 0) is 24.4 Å². The zero-order valence-corrected chi connectivity index (χ0v) is 16.4. The second-order valence-corrected chi connectivity index (χ2v) is 8.72. The Balaban J connectivity index is 2.34. The lowest BCUT2D eigenvalue weighted by Gasteiger charge is -2.21. The van der Waals surface area contributed by atoms with E-state index in [0.717, 1.165) is 4.31 Å². The molecule has 1 atom stereocenters. The number of ether oxygens (including phenoxy) is 2. The molecule has 0 aliphatic carbocycles. The average molecular weight is 384 g/mol. The number of methoxy groups -OCH3 is 2. The molecule has 0 unspecified atom stereocenters. The van der Waals surface area contributed by atoms with Gasteiger partial charge in [0.2, 0.25) is 10.0 Å². The number of rotatable bonds is 5. The highest BCUT2D eigenvalue weighted by Crippen LogP contribution is 2.27. The second kappa shape index (κ2) is 7.63. The Hall–Kier alpha value is -2.13. The van der Waals surface area contributed by atoms with Gasteiger partial charge in [0.25, 0.3) is 0 Å². The third kappa shape index (κ3) is 4.53. The van der Waals surface area contributed by atoms with E-state index in [1.54, 1.807) is 12.1 Å². The highest BCUT2D eigenvalue weighted by Gasteiger charge is 2.43. The van der Waals surface area contributed by atoms with Crippen LogP contribution in [0.15, 0.2) is 34.3 Å². The molecule has 1 aliphatic heterocycles. The van der Waals surface area contributed by atoms with Gasteiger partial charge in [-0.3, -0.25) is 4.79 Å². The molecule has 0 N–H and O–H groups in total. The smallest absolute Gasteiger partial charge is 0.324 e. The van der Waals surface area contributed by atoms with Crippen LogP contribution in [0.2, 0.25) is 0 Å². The van der Waals surface area contributed by atoms with E-state index in [9.17, 15) is 13.2 Å². The summed E-state index contributed by atoms with van der Waals surface area (Å²) in [6.45, 7) is 5.45. The van der Waals surface area contributed by atoms with E-state index < -0.39 is 27.6 Å². The molecule has 0 bridgehead atoms. The first kappa shape index (κ1) is 20.2. The summed E-state index contributed by atoms with van der Waals surface area (Å²) >= 11 is 0. The number of hydrogen-bond acceptors (Lipinski definition) is 7. The van der Waals surface area contributed by atoms with Crippen molar-refractivity contribution in [2.24, 2.45) is 5.16 Å². The van der Waals surface area contributed by atoms with E-state index in [-0.39, 0.29) is 17.9 Å². The van der Waals surface area contributed by atoms with Gasteiger partial charge in [0.15, 0.2) is 0 Å². The summed E-state index contributed by atoms with van der Waals surface area (Å²) in [5.74, 6) is -0.0984. The molecule has 1 aromatic carbocycles. The fourth-order valence-corrected chi connectivity index (χ4v) is 3.99. The Morgan fingerprint density at radius 1 is 1.19 bits per heavy atom. The minimum absolute atomic E-state index is 0.0375. The first-order valence-corrected chi connectivity index (χ1v) is 9.50. The van der Waals surface area contributed by atoms with Crippen molar-refractivity contribution in [1.29, 1.82) is 0 Å². The number of sulfonamides is 1. The maximum absolute atomic E-state index is 13.0. The SMILES string of the molecule is COC(=O)[C@H]1C/C(=N/OC(C)(C)C)CN1S(=O)(=O)c1ccc(OC)cc1. The summed E-state index contributed by atoms with van der Waals surface area (Å²) in [6.07, 6.45) is 0.123. The minimum Gasteiger partial charge on any atom is -0.497 e. The van der Waals surface area contributed by atoms with Gasteiger partial charge in [-0.2, -0.15) is 4.31 Å². The van der Waals surface area contributed by atoms with Crippen molar-refractivity contribution in [3.8, 4) is 5.75 Å². The Labute approximate surface area is 153 Å². The molecule has 9 heteroatoms. The third-order valence-corrected chi connectivity index (χ3v) is 5.57. The van der Waals surface area contributed by atoms with Crippen molar-refractivity contribution >= 4 is 21.7 Å². The summed E-state index contributed by atoms with van der Waals surface area (Å²) in [5, 5.41) is 4.03. The van der Waals surface area contributed by atoms with Crippen molar-refractivity contribution in [2.75, 3.05) is 20.8 Å². The standard InChI is InChI=1S/C17H24N2O6S/c1-17(2,3)25-18-12-10-15(16(20)24-5)19(11-12)26(21,22)14-8-6-13(23-4)7-9-14/h6-9,15H,10-11H2,1-5H3/b18-12-/t15-/m1/s1. The van der Waals surface area contributed by atoms with Gasteiger partial charge in [-0.05, 0) is 45.0 Å². The van der Waals surface area contributed by atoms with Crippen LogP contribution in [0.4, 0.5) is 0 Å². The molecule has 1 fully saturated rings. The molecule has 0 spiro atoms. The largest absolute Gasteiger partial charge is 0.497 e. The van der Waals surface area contributed by atoms with Crippen molar-refractivity contribution < 1.29 is 27.5 Å². The van der Waals surface area contributed by atoms with Crippen LogP contribution in [0.5, 0.6) is 5.75 Å². The number of carbonyl (C=O) groups excluding carboxylic acids is 1. The normalized spacial score (nSPS) is 20.2. The molecule has 2 rings (SSSR count). The highest BCUT2D eigenvalue weighted by atomic mass is 32.2. The lowest BCUT2D eigenvalue weighted by molar-refractivity contribution is -0.144. The zero-order chi connectivity index (χ0) is 19.5. The summed E-state index contributed by atoms with van der Waals surface area (Å²) in [7, 11) is -1.20. The van der Waals surface area contributed by atoms with Gasteiger partial charge >= 0.3 is 5.97 Å². The van der Waals surface area contributed by atoms with Crippen LogP contribution in [0.3, 0.4) is 0 Å². The monoisotopic (exact) mass is 384 g/mol. The molecule has 0 radical (unpaired) electrons. The number of oxime groups is 1. The maximum atomic E-state index is 13.0. The number of carbonyl (C=O) groups is 1. The Bertz CT molecular complexity index is 780. The van der Waals surface area contributed by atoms with Crippen LogP contribution < -0.4 is 4.74 Å². The topological polar surface area (TPSA) is 94.5 Å². The Morgan fingerprint density at radius 2 is 1.81 bits per heavy atom. The van der Waals surface area contributed by atoms with Gasteiger partial charge in [-0.15, -0.1) is 0 Å². The van der Waals surface area contributed by atoms with E-state index >= 15 is 0 Å². The molecule has 1 aliphatic rings. The molecule has 8 nitrogen and oxygen atoms in total. The average Bonchev–Trinajstić information content (AvgIpc) is 3.04. The molecular weight excluding hydrogens is 360 g/mol. The summed E-state index contributed by atoms with van der Waals surface area (Å²) < 4.78 is 36.9. The van der Waals surface area contributed by atoms with Crippen molar-refractivity contribution in [1.82, 2.24) is 4.31 Å². The predicted octanol–water partition coefficient (Wildman–Crippen LogP) is 1.80. The quantitative estimate of drug-likeness (QED) is 0.568. The van der Waals surface area contributed by atoms with E-state index in [1.165, 1.54) is 26.4 Å². The van der Waals surface area contributed by atoms with E-state index in [4.69, 9.17) is 14.3 Å². The van der Waals surface area contributed by atoms with Gasteiger partial charge in [-0.25, -0.2) is 8.42 Å². The zero-order valence-electron chi connectivity index (χ0n) is 15.6. The van der Waals surface area contributed by atoms with E-state index in [1.807, 2.05) is 20.8 Å². The van der Waals surface area contributed by atoms with E-state index in [2.05, 4.69) is 5.16 Å². The molecule has 0 saturated carbocycles. The van der Waals surface area contributed by atoms with Crippen LogP contribution in [0.1, 0.15) is 27.2 Å². The fourth-order valence-electron chi connectivity index (χ4n) is 2.42. The van der Waals surface area contributed by atoms with Gasteiger partial charge in [-0.1, -0.05) is 5.16 Å². The van der Waals surface area contributed by atoms with Crippen molar-refractivity contribution in [3.63, 3.8) is 0 Å². The summed E-state index contributed by atoms with van der Waals surface area (Å²) in [4.78, 5) is 17.5. The second-order valence-electron chi connectivity index (χ2n) is 6.83. The summed E-state index contributed by atoms with van der Waals surface area (Å²) in [6, 6.07) is 4.99. The molecule has 1 saturated heterocycles. The third-order valence-electron chi connectivity index (χ3n) is 3.70. The van der Waals surface area contributed by atoms with Crippen LogP contribution in [-0.4, -0.2) is 56.8 Å². The van der Waals surface area contributed by atoms with Crippen LogP contribution in [0.25, 0.3) is 0 Å². The molecule has 1 aromatic rings. The number of hydrogen-bond donors (Lipinski definition) is 0. The molecular formula is C17H24N2O6S. The van der Waals surface area contributed by atoms with Crippen LogP contribution >= 0.6 is 0 Å². The minimum atomic E-state index is -3.91. The van der Waals surface area contributed by atoms with Crippen molar-refractivity contribution in [2.45, 2.75) is 43.7 Å². The first-order chi connectivity index (χ1) is 12.1. The molecule has 0 aromatic heterocycles. The maximum Gasteiger partial charge on any atom is 0.324 e. The lowest BCUT2D eigenvalue weighted by atomic mass is 10.2. The predicted molar refractivity (Wildman–Crippen MR) is 95.6 cm³/mol. The van der Waals surface area contributed by atoms with Gasteiger partial charge in [0, 0.05) is 6.42 Å².